The molecule has 0 bridgehead atoms. The Kier molecular flexibility index (Phi) is 10.9. The molecule has 0 fully saturated rings. The second-order valence-corrected chi connectivity index (χ2v) is 13.4. The number of hydrogen-bond donors (Lipinski definition) is 1. The van der Waals surface area contributed by atoms with Crippen molar-refractivity contribution < 1.29 is 18.0 Å². The Labute approximate surface area is 246 Å². The van der Waals surface area contributed by atoms with Crippen molar-refractivity contribution in [2.45, 2.75) is 46.7 Å². The molecule has 0 spiro atoms. The largest absolute Gasteiger partial charge is 0.354 e. The highest BCUT2D eigenvalue weighted by Crippen LogP contribution is 2.23. The van der Waals surface area contributed by atoms with Crippen LogP contribution in [0.3, 0.4) is 0 Å². The van der Waals surface area contributed by atoms with Crippen molar-refractivity contribution in [3.8, 4) is 0 Å². The third-order valence-corrected chi connectivity index (χ3v) is 8.01. The maximum atomic E-state index is 14.1. The zero-order chi connectivity index (χ0) is 29.4. The van der Waals surface area contributed by atoms with E-state index in [1.165, 1.54) is 4.90 Å². The molecule has 214 valence electrons. The molecule has 0 saturated carbocycles. The summed E-state index contributed by atoms with van der Waals surface area (Å²) in [6.45, 7) is 7.94. The summed E-state index contributed by atoms with van der Waals surface area (Å²) in [5.41, 5.74) is 3.90. The van der Waals surface area contributed by atoms with Crippen LogP contribution in [0.2, 0.25) is 0 Å². The van der Waals surface area contributed by atoms with Gasteiger partial charge in [0, 0.05) is 24.0 Å². The van der Waals surface area contributed by atoms with Gasteiger partial charge in [-0.2, -0.15) is 0 Å². The normalized spacial score (nSPS) is 12.2. The van der Waals surface area contributed by atoms with E-state index in [0.717, 1.165) is 37.3 Å². The van der Waals surface area contributed by atoms with E-state index in [-0.39, 0.29) is 24.8 Å². The van der Waals surface area contributed by atoms with Crippen molar-refractivity contribution >= 4 is 43.5 Å². The third-order valence-electron chi connectivity index (χ3n) is 6.37. The molecule has 0 heterocycles. The molecule has 3 aromatic rings. The topological polar surface area (TPSA) is 86.8 Å². The van der Waals surface area contributed by atoms with E-state index in [4.69, 9.17) is 0 Å². The van der Waals surface area contributed by atoms with Gasteiger partial charge >= 0.3 is 0 Å². The van der Waals surface area contributed by atoms with Crippen LogP contribution < -0.4 is 9.62 Å². The lowest BCUT2D eigenvalue weighted by atomic mass is 10.0. The van der Waals surface area contributed by atoms with Crippen LogP contribution in [0.15, 0.2) is 77.3 Å². The molecule has 0 aliphatic carbocycles. The van der Waals surface area contributed by atoms with Gasteiger partial charge in [0.25, 0.3) is 0 Å². The Hall–Kier alpha value is -3.17. The Morgan fingerprint density at radius 2 is 1.52 bits per heavy atom. The zero-order valence-electron chi connectivity index (χ0n) is 23.7. The second-order valence-electron chi connectivity index (χ2n) is 10.6. The Morgan fingerprint density at radius 1 is 0.900 bits per heavy atom. The first-order valence-corrected chi connectivity index (χ1v) is 15.9. The van der Waals surface area contributed by atoms with Crippen molar-refractivity contribution in [1.29, 1.82) is 0 Å². The molecule has 0 radical (unpaired) electrons. The average Bonchev–Trinajstić information content (AvgIpc) is 2.87. The van der Waals surface area contributed by atoms with Crippen LogP contribution >= 0.6 is 15.9 Å². The number of amides is 2. The van der Waals surface area contributed by atoms with Gasteiger partial charge in [0.15, 0.2) is 0 Å². The number of halogens is 1. The SMILES string of the molecule is Cc1cc(C)cc(N(CC(=O)N(Cc2cccc(Br)c2)[C@@H](Cc2ccccc2)C(=O)NCC(C)C)S(C)(=O)=O)c1. The average molecular weight is 629 g/mol. The fourth-order valence-electron chi connectivity index (χ4n) is 4.52. The van der Waals surface area contributed by atoms with Crippen LogP contribution in [0.25, 0.3) is 0 Å². The van der Waals surface area contributed by atoms with E-state index in [0.29, 0.717) is 12.2 Å². The number of carbonyl (C=O) groups excluding carboxylic acids is 2. The van der Waals surface area contributed by atoms with Crippen LogP contribution in [0.1, 0.15) is 36.1 Å². The van der Waals surface area contributed by atoms with Crippen LogP contribution in [0, 0.1) is 19.8 Å². The molecule has 0 aliphatic heterocycles. The highest BCUT2D eigenvalue weighted by atomic mass is 79.9. The lowest BCUT2D eigenvalue weighted by molar-refractivity contribution is -0.140. The minimum Gasteiger partial charge on any atom is -0.354 e. The van der Waals surface area contributed by atoms with E-state index in [9.17, 15) is 18.0 Å². The van der Waals surface area contributed by atoms with Gasteiger partial charge < -0.3 is 10.2 Å². The maximum absolute atomic E-state index is 14.1. The van der Waals surface area contributed by atoms with E-state index < -0.39 is 28.5 Å². The van der Waals surface area contributed by atoms with Crippen molar-refractivity contribution in [2.75, 3.05) is 23.7 Å². The van der Waals surface area contributed by atoms with Gasteiger partial charge in [0.1, 0.15) is 12.6 Å². The monoisotopic (exact) mass is 627 g/mol. The molecule has 0 unspecified atom stereocenters. The summed E-state index contributed by atoms with van der Waals surface area (Å²) in [6, 6.07) is 21.6. The summed E-state index contributed by atoms with van der Waals surface area (Å²) < 4.78 is 27.9. The van der Waals surface area contributed by atoms with E-state index in [1.807, 2.05) is 88.4 Å². The standard InChI is InChI=1S/C31H38BrN3O4S/c1-22(2)19-33-31(37)29(18-25-10-7-6-8-11-25)34(20-26-12-9-13-27(32)17-26)30(36)21-35(40(5,38)39)28-15-23(3)14-24(4)16-28/h6-17,22,29H,18-21H2,1-5H3,(H,33,37)/t29-/m0/s1. The fourth-order valence-corrected chi connectivity index (χ4v) is 5.80. The summed E-state index contributed by atoms with van der Waals surface area (Å²) in [5.74, 6) is -0.524. The van der Waals surface area contributed by atoms with Gasteiger partial charge in [-0.1, -0.05) is 78.3 Å². The van der Waals surface area contributed by atoms with Gasteiger partial charge in [-0.25, -0.2) is 8.42 Å². The van der Waals surface area contributed by atoms with Crippen molar-refractivity contribution in [2.24, 2.45) is 5.92 Å². The summed E-state index contributed by atoms with van der Waals surface area (Å²) in [5, 5.41) is 2.99. The smallest absolute Gasteiger partial charge is 0.244 e. The lowest BCUT2D eigenvalue weighted by Crippen LogP contribution is -2.53. The summed E-state index contributed by atoms with van der Waals surface area (Å²) in [7, 11) is -3.81. The van der Waals surface area contributed by atoms with Crippen molar-refractivity contribution in [1.82, 2.24) is 10.2 Å². The predicted octanol–water partition coefficient (Wildman–Crippen LogP) is 5.24. The van der Waals surface area contributed by atoms with E-state index >= 15 is 0 Å². The summed E-state index contributed by atoms with van der Waals surface area (Å²) >= 11 is 3.49. The number of sulfonamides is 1. The minimum absolute atomic E-state index is 0.134. The van der Waals surface area contributed by atoms with Crippen LogP contribution in [0.5, 0.6) is 0 Å². The highest BCUT2D eigenvalue weighted by molar-refractivity contribution is 9.10. The van der Waals surface area contributed by atoms with Crippen molar-refractivity contribution in [3.05, 3.63) is 99.5 Å². The van der Waals surface area contributed by atoms with Gasteiger partial charge in [0.2, 0.25) is 21.8 Å². The molecule has 9 heteroatoms. The number of nitrogens with zero attached hydrogens (tertiary/aromatic N) is 2. The lowest BCUT2D eigenvalue weighted by Gasteiger charge is -2.33. The number of anilines is 1. The summed E-state index contributed by atoms with van der Waals surface area (Å²) in [6.07, 6.45) is 1.38. The highest BCUT2D eigenvalue weighted by Gasteiger charge is 2.33. The third kappa shape index (κ3) is 9.20. The number of benzene rings is 3. The molecule has 1 atom stereocenters. The molecule has 40 heavy (non-hydrogen) atoms. The second kappa shape index (κ2) is 13.9. The molecule has 0 aliphatic rings. The number of nitrogens with one attached hydrogen (secondary N) is 1. The number of carbonyl (C=O) groups is 2. The molecule has 0 saturated heterocycles. The molecular formula is C31H38BrN3O4S. The zero-order valence-corrected chi connectivity index (χ0v) is 26.1. The first-order valence-electron chi connectivity index (χ1n) is 13.2. The quantitative estimate of drug-likeness (QED) is 0.297. The number of aryl methyl sites for hydroxylation is 2. The maximum Gasteiger partial charge on any atom is 0.244 e. The number of rotatable bonds is 12. The fraction of sp³-hybridized carbons (Fsp3) is 0.355. The van der Waals surface area contributed by atoms with Gasteiger partial charge in [-0.05, 0) is 66.3 Å². The minimum atomic E-state index is -3.81. The van der Waals surface area contributed by atoms with Crippen LogP contribution in [-0.4, -0.2) is 50.5 Å². The molecule has 7 nitrogen and oxygen atoms in total. The summed E-state index contributed by atoms with van der Waals surface area (Å²) in [4.78, 5) is 29.3. The van der Waals surface area contributed by atoms with E-state index in [1.54, 1.807) is 12.1 Å². The molecule has 3 aromatic carbocycles. The van der Waals surface area contributed by atoms with Gasteiger partial charge in [-0.3, -0.25) is 13.9 Å². The van der Waals surface area contributed by atoms with E-state index in [2.05, 4.69) is 21.2 Å². The molecule has 3 rings (SSSR count). The van der Waals surface area contributed by atoms with Crippen LogP contribution in [0.4, 0.5) is 5.69 Å². The molecule has 1 N–H and O–H groups in total. The van der Waals surface area contributed by atoms with Crippen LogP contribution in [-0.2, 0) is 32.6 Å². The predicted molar refractivity (Wildman–Crippen MR) is 165 cm³/mol. The number of hydrogen-bond acceptors (Lipinski definition) is 4. The molecule has 0 aromatic heterocycles. The first-order chi connectivity index (χ1) is 18.8. The Balaban J connectivity index is 2.06. The molecular weight excluding hydrogens is 590 g/mol. The van der Waals surface area contributed by atoms with Crippen molar-refractivity contribution in [3.63, 3.8) is 0 Å². The Bertz CT molecular complexity index is 1410. The van der Waals surface area contributed by atoms with Gasteiger partial charge in [-0.15, -0.1) is 0 Å². The first kappa shape index (κ1) is 31.4. The van der Waals surface area contributed by atoms with Gasteiger partial charge in [0.05, 0.1) is 11.9 Å². The molecule has 2 amide bonds. The Morgan fingerprint density at radius 3 is 2.10 bits per heavy atom.